The van der Waals surface area contributed by atoms with Crippen LogP contribution in [-0.4, -0.2) is 20.9 Å². The highest BCUT2D eigenvalue weighted by Crippen LogP contribution is 2.22. The number of pyridine rings is 1. The lowest BCUT2D eigenvalue weighted by Crippen LogP contribution is -2.12. The van der Waals surface area contributed by atoms with Gasteiger partial charge in [-0.3, -0.25) is 9.78 Å². The third-order valence-electron chi connectivity index (χ3n) is 4.22. The summed E-state index contributed by atoms with van der Waals surface area (Å²) in [5.41, 5.74) is 3.81. The summed E-state index contributed by atoms with van der Waals surface area (Å²) in [6, 6.07) is 22.7. The van der Waals surface area contributed by atoms with Crippen LogP contribution in [0.15, 0.2) is 85.2 Å². The van der Waals surface area contributed by atoms with Gasteiger partial charge in [0, 0.05) is 29.1 Å². The lowest BCUT2D eigenvalue weighted by atomic mass is 10.1. The van der Waals surface area contributed by atoms with Crippen molar-refractivity contribution in [1.82, 2.24) is 15.0 Å². The first-order valence-corrected chi connectivity index (χ1v) is 9.17. The van der Waals surface area contributed by atoms with E-state index in [0.717, 1.165) is 16.9 Å². The first kappa shape index (κ1) is 18.3. The lowest BCUT2D eigenvalue weighted by Gasteiger charge is -2.10. The van der Waals surface area contributed by atoms with Crippen molar-refractivity contribution >= 4 is 23.1 Å². The second-order valence-electron chi connectivity index (χ2n) is 6.45. The fraction of sp³-hybridized carbons (Fsp3) is 0.0435. The molecule has 2 aromatic carbocycles. The molecule has 4 rings (SSSR count). The number of amides is 1. The van der Waals surface area contributed by atoms with Crippen LogP contribution in [0.25, 0.3) is 11.3 Å². The number of nitrogens with zero attached hydrogens (tertiary/aromatic N) is 3. The number of hydrogen-bond acceptors (Lipinski definition) is 5. The normalized spacial score (nSPS) is 10.4. The van der Waals surface area contributed by atoms with Gasteiger partial charge in [-0.25, -0.2) is 9.97 Å². The highest BCUT2D eigenvalue weighted by Gasteiger charge is 2.09. The number of carbonyl (C=O) groups is 1. The Morgan fingerprint density at radius 3 is 2.48 bits per heavy atom. The fourth-order valence-corrected chi connectivity index (χ4v) is 2.91. The molecule has 0 radical (unpaired) electrons. The van der Waals surface area contributed by atoms with Gasteiger partial charge in [-0.15, -0.1) is 0 Å². The van der Waals surface area contributed by atoms with E-state index in [2.05, 4.69) is 25.6 Å². The zero-order valence-corrected chi connectivity index (χ0v) is 15.8. The van der Waals surface area contributed by atoms with Crippen molar-refractivity contribution in [1.29, 1.82) is 0 Å². The monoisotopic (exact) mass is 381 g/mol. The van der Waals surface area contributed by atoms with E-state index in [1.165, 1.54) is 0 Å². The van der Waals surface area contributed by atoms with Gasteiger partial charge in [-0.1, -0.05) is 36.4 Å². The minimum atomic E-state index is -0.203. The van der Waals surface area contributed by atoms with Crippen LogP contribution in [0.4, 0.5) is 17.2 Å². The molecule has 0 fully saturated rings. The van der Waals surface area contributed by atoms with Crippen LogP contribution in [0.5, 0.6) is 0 Å². The van der Waals surface area contributed by atoms with Crippen molar-refractivity contribution in [2.24, 2.45) is 0 Å². The molecule has 2 heterocycles. The predicted octanol–water partition coefficient (Wildman–Crippen LogP) is 4.84. The van der Waals surface area contributed by atoms with Crippen LogP contribution in [0.3, 0.4) is 0 Å². The standard InChI is InChI=1S/C23H19N5O/c1-16-25-21(17-7-3-2-4-8-17)14-22(26-16)27-19-10-5-9-18(13-19)23(29)28-20-11-6-12-24-15-20/h2-15H,1H3,(H,28,29)(H,25,26,27). The van der Waals surface area contributed by atoms with Crippen LogP contribution in [0.1, 0.15) is 16.2 Å². The third-order valence-corrected chi connectivity index (χ3v) is 4.22. The molecule has 2 aromatic heterocycles. The first-order valence-electron chi connectivity index (χ1n) is 9.17. The van der Waals surface area contributed by atoms with Crippen molar-refractivity contribution in [2.45, 2.75) is 6.92 Å². The van der Waals surface area contributed by atoms with Crippen LogP contribution in [-0.2, 0) is 0 Å². The minimum Gasteiger partial charge on any atom is -0.340 e. The molecule has 2 N–H and O–H groups in total. The topological polar surface area (TPSA) is 79.8 Å². The summed E-state index contributed by atoms with van der Waals surface area (Å²) >= 11 is 0. The van der Waals surface area contributed by atoms with Crippen molar-refractivity contribution in [3.05, 3.63) is 96.6 Å². The molecular formula is C23H19N5O. The Hall–Kier alpha value is -4.06. The maximum absolute atomic E-state index is 12.5. The second-order valence-corrected chi connectivity index (χ2v) is 6.45. The molecule has 0 bridgehead atoms. The number of carbonyl (C=O) groups excluding carboxylic acids is 1. The van der Waals surface area contributed by atoms with E-state index in [0.29, 0.717) is 22.9 Å². The van der Waals surface area contributed by atoms with Gasteiger partial charge in [0.15, 0.2) is 0 Å². The average molecular weight is 381 g/mol. The van der Waals surface area contributed by atoms with E-state index in [1.54, 1.807) is 36.7 Å². The minimum absolute atomic E-state index is 0.203. The number of benzene rings is 2. The van der Waals surface area contributed by atoms with E-state index >= 15 is 0 Å². The van der Waals surface area contributed by atoms with E-state index in [4.69, 9.17) is 0 Å². The van der Waals surface area contributed by atoms with Crippen molar-refractivity contribution in [3.8, 4) is 11.3 Å². The summed E-state index contributed by atoms with van der Waals surface area (Å²) in [5.74, 6) is 1.13. The molecule has 0 spiro atoms. The van der Waals surface area contributed by atoms with Crippen LogP contribution >= 0.6 is 0 Å². The molecule has 0 saturated carbocycles. The molecule has 0 aliphatic carbocycles. The SMILES string of the molecule is Cc1nc(Nc2cccc(C(=O)Nc3cccnc3)c2)cc(-c2ccccc2)n1. The molecule has 0 aliphatic heterocycles. The number of nitrogens with one attached hydrogen (secondary N) is 2. The quantitative estimate of drug-likeness (QED) is 0.517. The molecule has 29 heavy (non-hydrogen) atoms. The largest absolute Gasteiger partial charge is 0.340 e. The van der Waals surface area contributed by atoms with Gasteiger partial charge in [-0.2, -0.15) is 0 Å². The summed E-state index contributed by atoms with van der Waals surface area (Å²) in [5, 5.41) is 6.10. The molecule has 6 heteroatoms. The Labute approximate surface area is 168 Å². The van der Waals surface area contributed by atoms with Gasteiger partial charge >= 0.3 is 0 Å². The average Bonchev–Trinajstić information content (AvgIpc) is 2.75. The van der Waals surface area contributed by atoms with Gasteiger partial charge in [0.25, 0.3) is 5.91 Å². The maximum Gasteiger partial charge on any atom is 0.255 e. The molecule has 142 valence electrons. The summed E-state index contributed by atoms with van der Waals surface area (Å²) in [4.78, 5) is 25.5. The molecule has 6 nitrogen and oxygen atoms in total. The summed E-state index contributed by atoms with van der Waals surface area (Å²) < 4.78 is 0. The van der Waals surface area contributed by atoms with E-state index < -0.39 is 0 Å². The van der Waals surface area contributed by atoms with Crippen molar-refractivity contribution in [2.75, 3.05) is 10.6 Å². The first-order chi connectivity index (χ1) is 14.2. The third kappa shape index (κ3) is 4.62. The fourth-order valence-electron chi connectivity index (χ4n) is 2.91. The van der Waals surface area contributed by atoms with E-state index in [-0.39, 0.29) is 5.91 Å². The van der Waals surface area contributed by atoms with Crippen molar-refractivity contribution < 1.29 is 4.79 Å². The van der Waals surface area contributed by atoms with Gasteiger partial charge in [0.2, 0.25) is 0 Å². The van der Waals surface area contributed by atoms with Crippen LogP contribution in [0, 0.1) is 6.92 Å². The van der Waals surface area contributed by atoms with Crippen LogP contribution in [0.2, 0.25) is 0 Å². The number of aryl methyl sites for hydroxylation is 1. The number of hydrogen-bond donors (Lipinski definition) is 2. The molecule has 0 aliphatic rings. The molecule has 0 atom stereocenters. The Bertz CT molecular complexity index is 1130. The molecule has 4 aromatic rings. The molecule has 0 saturated heterocycles. The second kappa shape index (κ2) is 8.31. The van der Waals surface area contributed by atoms with Crippen LogP contribution < -0.4 is 10.6 Å². The maximum atomic E-state index is 12.5. The Kier molecular flexibility index (Phi) is 5.25. The summed E-state index contributed by atoms with van der Waals surface area (Å²) in [6.45, 7) is 1.86. The predicted molar refractivity (Wildman–Crippen MR) is 114 cm³/mol. The van der Waals surface area contributed by atoms with E-state index in [9.17, 15) is 4.79 Å². The van der Waals surface area contributed by atoms with Gasteiger partial charge in [0.1, 0.15) is 11.6 Å². The zero-order chi connectivity index (χ0) is 20.1. The summed E-state index contributed by atoms with van der Waals surface area (Å²) in [6.07, 6.45) is 3.27. The van der Waals surface area contributed by atoms with Gasteiger partial charge < -0.3 is 10.6 Å². The van der Waals surface area contributed by atoms with Gasteiger partial charge in [0.05, 0.1) is 17.6 Å². The Morgan fingerprint density at radius 1 is 0.862 bits per heavy atom. The van der Waals surface area contributed by atoms with Crippen molar-refractivity contribution in [3.63, 3.8) is 0 Å². The smallest absolute Gasteiger partial charge is 0.255 e. The number of rotatable bonds is 5. The van der Waals surface area contributed by atoms with E-state index in [1.807, 2.05) is 55.5 Å². The van der Waals surface area contributed by atoms with Gasteiger partial charge in [-0.05, 0) is 37.3 Å². The molecular weight excluding hydrogens is 362 g/mol. The molecule has 1 amide bonds. The highest BCUT2D eigenvalue weighted by atomic mass is 16.1. The Morgan fingerprint density at radius 2 is 1.69 bits per heavy atom. The number of aromatic nitrogens is 3. The summed E-state index contributed by atoms with van der Waals surface area (Å²) in [7, 11) is 0. The number of anilines is 3. The molecule has 0 unspecified atom stereocenters. The lowest BCUT2D eigenvalue weighted by molar-refractivity contribution is 0.102. The Balaban J connectivity index is 1.55. The zero-order valence-electron chi connectivity index (χ0n) is 15.8. The highest BCUT2D eigenvalue weighted by molar-refractivity contribution is 6.04.